The number of hydrogen-bond acceptors (Lipinski definition) is 8. The van der Waals surface area contributed by atoms with E-state index in [4.69, 9.17) is 27.1 Å². The second-order valence-electron chi connectivity index (χ2n) is 11.3. The van der Waals surface area contributed by atoms with Crippen LogP contribution in [-0.2, 0) is 20.9 Å². The van der Waals surface area contributed by atoms with Gasteiger partial charge >= 0.3 is 0 Å². The lowest BCUT2D eigenvalue weighted by atomic mass is 9.93. The van der Waals surface area contributed by atoms with Gasteiger partial charge in [-0.1, -0.05) is 48.0 Å². The van der Waals surface area contributed by atoms with E-state index >= 15 is 0 Å². The van der Waals surface area contributed by atoms with Gasteiger partial charge in [0, 0.05) is 55.8 Å². The van der Waals surface area contributed by atoms with Crippen LogP contribution in [0.1, 0.15) is 25.0 Å². The number of carbonyl (C=O) groups excluding carboxylic acids is 3. The van der Waals surface area contributed by atoms with Gasteiger partial charge in [0.15, 0.2) is 0 Å². The molecule has 2 heterocycles. The molecule has 0 radical (unpaired) electrons. The minimum absolute atomic E-state index is 0.0969. The van der Waals surface area contributed by atoms with Gasteiger partial charge in [-0.2, -0.15) is 0 Å². The lowest BCUT2D eigenvalue weighted by Crippen LogP contribution is -2.51. The van der Waals surface area contributed by atoms with Crippen molar-refractivity contribution < 1.29 is 24.2 Å². The third-order valence-corrected chi connectivity index (χ3v) is 8.07. The maximum Gasteiger partial charge on any atom is 0.264 e. The topological polar surface area (TPSA) is 150 Å². The molecule has 1 aromatic heterocycles. The Bertz CT molecular complexity index is 1640. The summed E-state index contributed by atoms with van der Waals surface area (Å²) < 4.78 is 5.57. The molecule has 0 bridgehead atoms. The highest BCUT2D eigenvalue weighted by atomic mass is 35.5. The highest BCUT2D eigenvalue weighted by Gasteiger charge is 2.33. The number of primary amides is 1. The van der Waals surface area contributed by atoms with Crippen LogP contribution in [0.3, 0.4) is 0 Å². The van der Waals surface area contributed by atoms with Crippen LogP contribution in [0, 0.1) is 12.3 Å². The van der Waals surface area contributed by atoms with Gasteiger partial charge in [-0.05, 0) is 44.0 Å². The Balaban J connectivity index is 1.60. The first-order chi connectivity index (χ1) is 20.8. The number of likely N-dealkylation sites (N-methyl/N-ethyl adjacent to an activating group) is 1. The zero-order chi connectivity index (χ0) is 32.3. The fraction of sp³-hybridized carbons (Fsp3) is 0.312. The fourth-order valence-corrected chi connectivity index (χ4v) is 5.09. The highest BCUT2D eigenvalue weighted by molar-refractivity contribution is 6.36. The van der Waals surface area contributed by atoms with Crippen molar-refractivity contribution in [2.24, 2.45) is 11.1 Å². The summed E-state index contributed by atoms with van der Waals surface area (Å²) in [5, 5.41) is 16.6. The first-order valence-corrected chi connectivity index (χ1v) is 14.3. The number of nitrogens with two attached hydrogens (primary N) is 1. The summed E-state index contributed by atoms with van der Waals surface area (Å²) >= 11 is 6.98. The monoisotopic (exact) mass is 620 g/mol. The molecule has 4 rings (SSSR count). The molecule has 1 unspecified atom stereocenters. The molecule has 12 heteroatoms. The number of carbonyl (C=O) groups is 3. The number of nitrogens with zero attached hydrogens (tertiary/aromatic N) is 3. The molecule has 0 fully saturated rings. The summed E-state index contributed by atoms with van der Waals surface area (Å²) in [5.41, 5.74) is 9.55. The van der Waals surface area contributed by atoms with Crippen molar-refractivity contribution in [1.29, 1.82) is 0 Å². The lowest BCUT2D eigenvalue weighted by Gasteiger charge is -2.35. The summed E-state index contributed by atoms with van der Waals surface area (Å²) in [6.45, 7) is 6.23. The standard InChI is InChI=1S/C32H37ClN6O5/c1-18-20(9-8-12-24(18)36-27(40)23-16-38(4)31(43)39(5)29(23)41)21-10-7-11-22(26(21)33)25-14-13-19(28(37-25)44-6)15-35-17-32(2,3)30(34)42/h7-14,16,31,35,43H,15,17H2,1-6H3,(H2,34,42)(H,36,40). The number of halogens is 1. The first-order valence-electron chi connectivity index (χ1n) is 13.9. The van der Waals surface area contributed by atoms with Crippen LogP contribution in [0.4, 0.5) is 5.69 Å². The molecule has 1 atom stereocenters. The summed E-state index contributed by atoms with van der Waals surface area (Å²) in [5.74, 6) is -1.15. The predicted molar refractivity (Wildman–Crippen MR) is 169 cm³/mol. The summed E-state index contributed by atoms with van der Waals surface area (Å²) in [4.78, 5) is 44.5. The zero-order valence-electron chi connectivity index (χ0n) is 25.6. The Hall–Kier alpha value is -4.45. The number of amides is 3. The van der Waals surface area contributed by atoms with Crippen molar-refractivity contribution in [3.63, 3.8) is 0 Å². The number of anilines is 1. The molecule has 5 N–H and O–H groups in total. The Labute approximate surface area is 261 Å². The Kier molecular flexibility index (Phi) is 9.62. The maximum atomic E-state index is 13.1. The average Bonchev–Trinajstić information content (AvgIpc) is 2.99. The van der Waals surface area contributed by atoms with E-state index in [1.807, 2.05) is 43.3 Å². The van der Waals surface area contributed by atoms with Gasteiger partial charge in [-0.3, -0.25) is 19.3 Å². The van der Waals surface area contributed by atoms with Gasteiger partial charge in [0.1, 0.15) is 5.57 Å². The van der Waals surface area contributed by atoms with Crippen molar-refractivity contribution in [2.45, 2.75) is 33.7 Å². The molecule has 11 nitrogen and oxygen atoms in total. The van der Waals surface area contributed by atoms with Crippen LogP contribution >= 0.6 is 11.6 Å². The van der Waals surface area contributed by atoms with Crippen LogP contribution < -0.4 is 21.1 Å². The third kappa shape index (κ3) is 6.54. The van der Waals surface area contributed by atoms with Gasteiger partial charge in [0.25, 0.3) is 11.8 Å². The van der Waals surface area contributed by atoms with Crippen LogP contribution in [0.5, 0.6) is 5.88 Å². The van der Waals surface area contributed by atoms with Gasteiger partial charge in [0.2, 0.25) is 18.1 Å². The minimum atomic E-state index is -1.15. The zero-order valence-corrected chi connectivity index (χ0v) is 26.3. The molecule has 1 aliphatic heterocycles. The smallest absolute Gasteiger partial charge is 0.264 e. The molecule has 2 aromatic carbocycles. The molecule has 44 heavy (non-hydrogen) atoms. The number of aliphatic hydroxyl groups is 1. The third-order valence-electron chi connectivity index (χ3n) is 7.67. The molecule has 0 aliphatic carbocycles. The van der Waals surface area contributed by atoms with E-state index in [0.717, 1.165) is 27.2 Å². The summed E-state index contributed by atoms with van der Waals surface area (Å²) in [6, 6.07) is 14.8. The minimum Gasteiger partial charge on any atom is -0.481 e. The molecular weight excluding hydrogens is 584 g/mol. The summed E-state index contributed by atoms with van der Waals surface area (Å²) in [6.07, 6.45) is 0.174. The second kappa shape index (κ2) is 13.0. The van der Waals surface area contributed by atoms with E-state index in [0.29, 0.717) is 40.9 Å². The van der Waals surface area contributed by atoms with Gasteiger partial charge in [-0.25, -0.2) is 4.98 Å². The molecule has 0 saturated carbocycles. The molecule has 0 saturated heterocycles. The van der Waals surface area contributed by atoms with Gasteiger partial charge in [-0.15, -0.1) is 0 Å². The normalized spacial score (nSPS) is 15.2. The molecule has 3 aromatic rings. The van der Waals surface area contributed by atoms with E-state index in [1.165, 1.54) is 18.1 Å². The lowest BCUT2D eigenvalue weighted by molar-refractivity contribution is -0.149. The SMILES string of the molecule is COc1nc(-c2cccc(-c3cccc(NC(=O)C4=CN(C)C(O)N(C)C4=O)c3C)c2Cl)ccc1CNCC(C)(C)C(N)=O. The van der Waals surface area contributed by atoms with Crippen LogP contribution in [-0.4, -0.2) is 71.7 Å². The maximum absolute atomic E-state index is 13.1. The first kappa shape index (κ1) is 32.5. The number of nitrogens with one attached hydrogen (secondary N) is 2. The van der Waals surface area contributed by atoms with E-state index in [-0.39, 0.29) is 11.5 Å². The Morgan fingerprint density at radius 3 is 2.43 bits per heavy atom. The summed E-state index contributed by atoms with van der Waals surface area (Å²) in [7, 11) is 4.54. The van der Waals surface area contributed by atoms with Crippen molar-refractivity contribution in [2.75, 3.05) is 33.1 Å². The van der Waals surface area contributed by atoms with E-state index in [9.17, 15) is 19.5 Å². The molecule has 1 aliphatic rings. The number of pyridine rings is 1. The number of hydrogen-bond donors (Lipinski definition) is 4. The van der Waals surface area contributed by atoms with Gasteiger partial charge < -0.3 is 31.1 Å². The van der Waals surface area contributed by atoms with Crippen molar-refractivity contribution >= 4 is 35.0 Å². The largest absolute Gasteiger partial charge is 0.481 e. The van der Waals surface area contributed by atoms with Crippen LogP contribution in [0.25, 0.3) is 22.4 Å². The number of methoxy groups -OCH3 is 1. The Morgan fingerprint density at radius 1 is 1.09 bits per heavy atom. The predicted octanol–water partition coefficient (Wildman–Crippen LogP) is 3.49. The molecular formula is C32H37ClN6O5. The quantitative estimate of drug-likeness (QED) is 0.252. The van der Waals surface area contributed by atoms with Crippen molar-refractivity contribution in [1.82, 2.24) is 20.1 Å². The van der Waals surface area contributed by atoms with E-state index in [2.05, 4.69) is 10.6 Å². The number of ether oxygens (including phenoxy) is 1. The Morgan fingerprint density at radius 2 is 1.75 bits per heavy atom. The number of rotatable bonds is 10. The molecule has 0 spiro atoms. The second-order valence-corrected chi connectivity index (χ2v) is 11.7. The van der Waals surface area contributed by atoms with Crippen LogP contribution in [0.15, 0.2) is 60.3 Å². The van der Waals surface area contributed by atoms with Crippen molar-refractivity contribution in [3.8, 4) is 28.3 Å². The van der Waals surface area contributed by atoms with E-state index in [1.54, 1.807) is 40.1 Å². The van der Waals surface area contributed by atoms with Crippen molar-refractivity contribution in [3.05, 3.63) is 76.5 Å². The molecule has 232 valence electrons. The van der Waals surface area contributed by atoms with E-state index < -0.39 is 23.6 Å². The average molecular weight is 621 g/mol. The van der Waals surface area contributed by atoms with Gasteiger partial charge in [0.05, 0.1) is 23.2 Å². The number of aliphatic hydroxyl groups excluding tert-OH is 1. The highest BCUT2D eigenvalue weighted by Crippen LogP contribution is 2.39. The van der Waals surface area contributed by atoms with Crippen LogP contribution in [0.2, 0.25) is 5.02 Å². The number of benzene rings is 2. The number of aromatic nitrogens is 1. The fourth-order valence-electron chi connectivity index (χ4n) is 4.77. The molecule has 3 amide bonds.